The molecule has 4 heteroatoms. The van der Waals surface area contributed by atoms with Crippen LogP contribution in [0.2, 0.25) is 0 Å². The quantitative estimate of drug-likeness (QED) is 0.828. The summed E-state index contributed by atoms with van der Waals surface area (Å²) in [5.41, 5.74) is 7.87. The van der Waals surface area contributed by atoms with Gasteiger partial charge in [0, 0.05) is 25.2 Å². The van der Waals surface area contributed by atoms with Crippen molar-refractivity contribution in [2.45, 2.75) is 32.7 Å². The van der Waals surface area contributed by atoms with E-state index in [9.17, 15) is 4.79 Å². The van der Waals surface area contributed by atoms with Gasteiger partial charge < -0.3 is 11.1 Å². The van der Waals surface area contributed by atoms with E-state index in [-0.39, 0.29) is 5.91 Å². The molecule has 0 aliphatic carbocycles. The normalized spacial score (nSPS) is 18.7. The van der Waals surface area contributed by atoms with Gasteiger partial charge in [0.15, 0.2) is 0 Å². The summed E-state index contributed by atoms with van der Waals surface area (Å²) >= 11 is 0. The molecule has 1 unspecified atom stereocenters. The van der Waals surface area contributed by atoms with Gasteiger partial charge in [-0.1, -0.05) is 12.1 Å². The molecule has 0 radical (unpaired) electrons. The topological polar surface area (TPSA) is 58.4 Å². The monoisotopic (exact) mass is 275 g/mol. The molecule has 3 N–H and O–H groups in total. The summed E-state index contributed by atoms with van der Waals surface area (Å²) in [4.78, 5) is 13.4. The summed E-state index contributed by atoms with van der Waals surface area (Å²) in [6.45, 7) is 6.84. The van der Waals surface area contributed by atoms with Gasteiger partial charge in [-0.25, -0.2) is 0 Å². The molecule has 1 aliphatic heterocycles. The Morgan fingerprint density at radius 2 is 1.95 bits per heavy atom. The Balaban J connectivity index is 1.83. The van der Waals surface area contributed by atoms with Gasteiger partial charge in [-0.3, -0.25) is 9.69 Å². The number of piperidine rings is 1. The Morgan fingerprint density at radius 1 is 1.35 bits per heavy atom. The molecule has 1 saturated heterocycles. The van der Waals surface area contributed by atoms with E-state index in [1.807, 2.05) is 12.1 Å². The summed E-state index contributed by atoms with van der Waals surface area (Å²) in [6.07, 6.45) is 2.30. The average molecular weight is 275 g/mol. The number of rotatable bonds is 4. The SMILES string of the molecule is CC(=O)NCC1CCN(C(C)c2ccc(N)cc2)CC1. The molecule has 1 aliphatic rings. The molecular formula is C16H25N3O. The van der Waals surface area contributed by atoms with Gasteiger partial charge in [0.1, 0.15) is 0 Å². The molecule has 0 spiro atoms. The van der Waals surface area contributed by atoms with E-state index >= 15 is 0 Å². The number of nitrogens with zero attached hydrogens (tertiary/aromatic N) is 1. The van der Waals surface area contributed by atoms with Gasteiger partial charge in [-0.2, -0.15) is 0 Å². The lowest BCUT2D eigenvalue weighted by Gasteiger charge is -2.36. The molecule has 110 valence electrons. The van der Waals surface area contributed by atoms with Crippen molar-refractivity contribution in [3.05, 3.63) is 29.8 Å². The Hall–Kier alpha value is -1.55. The summed E-state index contributed by atoms with van der Waals surface area (Å²) in [5.74, 6) is 0.691. The number of amides is 1. The first kappa shape index (κ1) is 14.9. The minimum Gasteiger partial charge on any atom is -0.399 e. The number of carbonyl (C=O) groups is 1. The lowest BCUT2D eigenvalue weighted by atomic mass is 9.94. The van der Waals surface area contributed by atoms with Crippen LogP contribution in [0.25, 0.3) is 0 Å². The van der Waals surface area contributed by atoms with Crippen molar-refractivity contribution in [1.82, 2.24) is 10.2 Å². The van der Waals surface area contributed by atoms with Gasteiger partial charge in [0.2, 0.25) is 5.91 Å². The number of anilines is 1. The van der Waals surface area contributed by atoms with Crippen LogP contribution < -0.4 is 11.1 Å². The predicted octanol–water partition coefficient (Wildman–Crippen LogP) is 2.18. The van der Waals surface area contributed by atoms with Crippen LogP contribution in [-0.2, 0) is 4.79 Å². The van der Waals surface area contributed by atoms with Crippen LogP contribution in [0.15, 0.2) is 24.3 Å². The van der Waals surface area contributed by atoms with Crippen molar-refractivity contribution >= 4 is 11.6 Å². The molecule has 1 fully saturated rings. The van der Waals surface area contributed by atoms with Crippen molar-refractivity contribution in [2.24, 2.45) is 5.92 Å². The minimum absolute atomic E-state index is 0.0719. The van der Waals surface area contributed by atoms with Crippen molar-refractivity contribution in [2.75, 3.05) is 25.4 Å². The molecule has 4 nitrogen and oxygen atoms in total. The first-order chi connectivity index (χ1) is 9.56. The highest BCUT2D eigenvalue weighted by Gasteiger charge is 2.23. The number of nitrogens with one attached hydrogen (secondary N) is 1. The van der Waals surface area contributed by atoms with Crippen molar-refractivity contribution in [1.29, 1.82) is 0 Å². The average Bonchev–Trinajstić information content (AvgIpc) is 2.46. The first-order valence-electron chi connectivity index (χ1n) is 7.40. The number of nitrogens with two attached hydrogens (primary N) is 1. The minimum atomic E-state index is 0.0719. The van der Waals surface area contributed by atoms with E-state index in [1.165, 1.54) is 5.56 Å². The van der Waals surface area contributed by atoms with Crippen molar-refractivity contribution in [3.63, 3.8) is 0 Å². The molecule has 1 aromatic rings. The second kappa shape index (κ2) is 6.75. The van der Waals surface area contributed by atoms with Gasteiger partial charge in [0.25, 0.3) is 0 Å². The number of nitrogen functional groups attached to an aromatic ring is 1. The van der Waals surface area contributed by atoms with E-state index in [0.717, 1.165) is 38.2 Å². The number of likely N-dealkylation sites (tertiary alicyclic amines) is 1. The Labute approximate surface area is 121 Å². The van der Waals surface area contributed by atoms with E-state index in [4.69, 9.17) is 5.73 Å². The Bertz CT molecular complexity index is 436. The zero-order valence-electron chi connectivity index (χ0n) is 12.4. The standard InChI is InChI=1S/C16H25N3O/c1-12(15-3-5-16(17)6-4-15)19-9-7-14(8-10-19)11-18-13(2)20/h3-6,12,14H,7-11,17H2,1-2H3,(H,18,20). The molecule has 0 aromatic heterocycles. The maximum absolute atomic E-state index is 10.9. The largest absolute Gasteiger partial charge is 0.399 e. The van der Waals surface area contributed by atoms with Gasteiger partial charge in [-0.15, -0.1) is 0 Å². The zero-order chi connectivity index (χ0) is 14.5. The smallest absolute Gasteiger partial charge is 0.216 e. The molecule has 0 saturated carbocycles. The van der Waals surface area contributed by atoms with E-state index in [1.54, 1.807) is 6.92 Å². The Kier molecular flexibility index (Phi) is 5.01. The van der Waals surface area contributed by atoms with Crippen molar-refractivity contribution < 1.29 is 4.79 Å². The van der Waals surface area contributed by atoms with Crippen LogP contribution in [0.1, 0.15) is 38.3 Å². The van der Waals surface area contributed by atoms with Crippen LogP contribution in [0.5, 0.6) is 0 Å². The maximum atomic E-state index is 10.9. The summed E-state index contributed by atoms with van der Waals surface area (Å²) in [6, 6.07) is 8.59. The number of benzene rings is 1. The van der Waals surface area contributed by atoms with E-state index in [2.05, 4.69) is 29.3 Å². The third-order valence-corrected chi connectivity index (χ3v) is 4.26. The fraction of sp³-hybridized carbons (Fsp3) is 0.562. The summed E-state index contributed by atoms with van der Waals surface area (Å²) < 4.78 is 0. The zero-order valence-corrected chi connectivity index (χ0v) is 12.4. The first-order valence-corrected chi connectivity index (χ1v) is 7.40. The maximum Gasteiger partial charge on any atom is 0.216 e. The molecule has 0 bridgehead atoms. The molecule has 1 amide bonds. The lowest BCUT2D eigenvalue weighted by molar-refractivity contribution is -0.119. The summed E-state index contributed by atoms with van der Waals surface area (Å²) in [7, 11) is 0. The number of hydrogen-bond donors (Lipinski definition) is 2. The van der Waals surface area contributed by atoms with Crippen LogP contribution in [-0.4, -0.2) is 30.4 Å². The molecule has 1 atom stereocenters. The highest BCUT2D eigenvalue weighted by atomic mass is 16.1. The van der Waals surface area contributed by atoms with Crippen LogP contribution >= 0.6 is 0 Å². The second-order valence-electron chi connectivity index (χ2n) is 5.76. The van der Waals surface area contributed by atoms with Gasteiger partial charge in [-0.05, 0) is 56.5 Å². The predicted molar refractivity (Wildman–Crippen MR) is 82.3 cm³/mol. The van der Waals surface area contributed by atoms with E-state index < -0.39 is 0 Å². The molecular weight excluding hydrogens is 250 g/mol. The highest BCUT2D eigenvalue weighted by Crippen LogP contribution is 2.26. The van der Waals surface area contributed by atoms with Crippen molar-refractivity contribution in [3.8, 4) is 0 Å². The van der Waals surface area contributed by atoms with E-state index in [0.29, 0.717) is 12.0 Å². The fourth-order valence-electron chi connectivity index (χ4n) is 2.82. The number of hydrogen-bond acceptors (Lipinski definition) is 3. The second-order valence-corrected chi connectivity index (χ2v) is 5.76. The molecule has 20 heavy (non-hydrogen) atoms. The van der Waals surface area contributed by atoms with Crippen LogP contribution in [0, 0.1) is 5.92 Å². The third kappa shape index (κ3) is 3.97. The van der Waals surface area contributed by atoms with Crippen LogP contribution in [0.3, 0.4) is 0 Å². The lowest BCUT2D eigenvalue weighted by Crippen LogP contribution is -2.39. The van der Waals surface area contributed by atoms with Gasteiger partial charge in [0.05, 0.1) is 0 Å². The Morgan fingerprint density at radius 3 is 2.50 bits per heavy atom. The number of carbonyl (C=O) groups excluding carboxylic acids is 1. The summed E-state index contributed by atoms with van der Waals surface area (Å²) in [5, 5.41) is 2.93. The highest BCUT2D eigenvalue weighted by molar-refractivity contribution is 5.72. The fourth-order valence-corrected chi connectivity index (χ4v) is 2.82. The van der Waals surface area contributed by atoms with Gasteiger partial charge >= 0.3 is 0 Å². The third-order valence-electron chi connectivity index (χ3n) is 4.26. The molecule has 1 aromatic carbocycles. The molecule has 2 rings (SSSR count). The molecule has 1 heterocycles. The van der Waals surface area contributed by atoms with Crippen LogP contribution in [0.4, 0.5) is 5.69 Å².